The molecule has 2 saturated heterocycles. The molecule has 1 N–H and O–H groups in total. The van der Waals surface area contributed by atoms with Crippen molar-refractivity contribution >= 4 is 5.91 Å². The lowest BCUT2D eigenvalue weighted by atomic mass is 9.93. The van der Waals surface area contributed by atoms with Crippen molar-refractivity contribution in [2.75, 3.05) is 39.3 Å². The van der Waals surface area contributed by atoms with Gasteiger partial charge in [-0.3, -0.25) is 9.69 Å². The molecule has 2 atom stereocenters. The van der Waals surface area contributed by atoms with Crippen LogP contribution in [0.3, 0.4) is 0 Å². The number of piperidine rings is 1. The number of nitrogens with zero attached hydrogens (tertiary/aromatic N) is 2. The number of piperazine rings is 1. The number of rotatable bonds is 1. The Balaban J connectivity index is 1.85. The molecule has 0 aromatic rings. The van der Waals surface area contributed by atoms with Gasteiger partial charge in [-0.15, -0.1) is 0 Å². The minimum absolute atomic E-state index is 0.217. The zero-order valence-electron chi connectivity index (χ0n) is 10.4. The smallest absolute Gasteiger partial charge is 0.219 e. The Morgan fingerprint density at radius 1 is 1.25 bits per heavy atom. The molecule has 4 heteroatoms. The third kappa shape index (κ3) is 2.55. The van der Waals surface area contributed by atoms with Gasteiger partial charge in [-0.25, -0.2) is 0 Å². The van der Waals surface area contributed by atoms with Crippen molar-refractivity contribution in [1.82, 2.24) is 15.1 Å². The number of amides is 1. The van der Waals surface area contributed by atoms with Gasteiger partial charge in [0.1, 0.15) is 0 Å². The molecule has 2 heterocycles. The average Bonchev–Trinajstić information content (AvgIpc) is 2.30. The predicted octanol–water partition coefficient (Wildman–Crippen LogP) is 0.149. The van der Waals surface area contributed by atoms with Crippen molar-refractivity contribution in [1.29, 1.82) is 0 Å². The average molecular weight is 225 g/mol. The largest absolute Gasteiger partial charge is 0.340 e. The van der Waals surface area contributed by atoms with E-state index in [1.54, 1.807) is 6.92 Å². The lowest BCUT2D eigenvalue weighted by molar-refractivity contribution is -0.131. The highest BCUT2D eigenvalue weighted by molar-refractivity contribution is 5.73. The monoisotopic (exact) mass is 225 g/mol. The number of hydrogen-bond donors (Lipinski definition) is 1. The van der Waals surface area contributed by atoms with E-state index in [1.165, 1.54) is 6.42 Å². The first-order valence-corrected chi connectivity index (χ1v) is 6.39. The summed E-state index contributed by atoms with van der Waals surface area (Å²) in [5, 5.41) is 3.47. The third-order valence-corrected chi connectivity index (χ3v) is 4.02. The second-order valence-electron chi connectivity index (χ2n) is 5.08. The van der Waals surface area contributed by atoms with Crippen LogP contribution in [0, 0.1) is 5.92 Å². The SMILES string of the molecule is CC(=O)N1CCN(C2CNCCC2C)CC1. The van der Waals surface area contributed by atoms with Crippen LogP contribution in [0.15, 0.2) is 0 Å². The Morgan fingerprint density at radius 3 is 2.50 bits per heavy atom. The van der Waals surface area contributed by atoms with Crippen LogP contribution in [0.2, 0.25) is 0 Å². The van der Waals surface area contributed by atoms with Gasteiger partial charge in [0.15, 0.2) is 0 Å². The summed E-state index contributed by atoms with van der Waals surface area (Å²) in [5.41, 5.74) is 0. The number of hydrogen-bond acceptors (Lipinski definition) is 3. The van der Waals surface area contributed by atoms with Gasteiger partial charge < -0.3 is 10.2 Å². The van der Waals surface area contributed by atoms with Gasteiger partial charge in [-0.2, -0.15) is 0 Å². The molecular formula is C12H23N3O. The molecule has 2 aliphatic heterocycles. The summed E-state index contributed by atoms with van der Waals surface area (Å²) in [6.07, 6.45) is 1.28. The van der Waals surface area contributed by atoms with E-state index in [-0.39, 0.29) is 5.91 Å². The Hall–Kier alpha value is -0.610. The van der Waals surface area contributed by atoms with Crippen molar-refractivity contribution < 1.29 is 4.79 Å². The maximum absolute atomic E-state index is 11.2. The standard InChI is InChI=1S/C12H23N3O/c1-10-3-4-13-9-12(10)15-7-5-14(6-8-15)11(2)16/h10,12-13H,3-9H2,1-2H3. The van der Waals surface area contributed by atoms with Crippen molar-refractivity contribution in [2.24, 2.45) is 5.92 Å². The van der Waals surface area contributed by atoms with Crippen LogP contribution >= 0.6 is 0 Å². The molecule has 2 unspecified atom stereocenters. The van der Waals surface area contributed by atoms with E-state index in [0.29, 0.717) is 6.04 Å². The van der Waals surface area contributed by atoms with Gasteiger partial charge in [0.25, 0.3) is 0 Å². The fraction of sp³-hybridized carbons (Fsp3) is 0.917. The minimum atomic E-state index is 0.217. The van der Waals surface area contributed by atoms with Crippen molar-refractivity contribution in [3.8, 4) is 0 Å². The lowest BCUT2D eigenvalue weighted by Gasteiger charge is -2.43. The summed E-state index contributed by atoms with van der Waals surface area (Å²) in [5.74, 6) is 1.000. The van der Waals surface area contributed by atoms with E-state index in [2.05, 4.69) is 17.1 Å². The topological polar surface area (TPSA) is 35.6 Å². The molecule has 0 aromatic carbocycles. The Labute approximate surface area is 98.0 Å². The van der Waals surface area contributed by atoms with Crippen LogP contribution in [-0.2, 0) is 4.79 Å². The Kier molecular flexibility index (Phi) is 3.82. The lowest BCUT2D eigenvalue weighted by Crippen LogP contribution is -2.57. The van der Waals surface area contributed by atoms with Crippen LogP contribution in [0.1, 0.15) is 20.3 Å². The number of carbonyl (C=O) groups is 1. The van der Waals surface area contributed by atoms with Crippen LogP contribution in [-0.4, -0.2) is 61.0 Å². The summed E-state index contributed by atoms with van der Waals surface area (Å²) >= 11 is 0. The molecule has 92 valence electrons. The first-order valence-electron chi connectivity index (χ1n) is 6.39. The molecular weight excluding hydrogens is 202 g/mol. The maximum atomic E-state index is 11.2. The zero-order valence-corrected chi connectivity index (χ0v) is 10.4. The summed E-state index contributed by atoms with van der Waals surface area (Å²) in [6, 6.07) is 0.669. The normalized spacial score (nSPS) is 32.8. The zero-order chi connectivity index (χ0) is 11.5. The Morgan fingerprint density at radius 2 is 1.94 bits per heavy atom. The van der Waals surface area contributed by atoms with Crippen LogP contribution in [0.5, 0.6) is 0 Å². The minimum Gasteiger partial charge on any atom is -0.340 e. The van der Waals surface area contributed by atoms with E-state index in [0.717, 1.165) is 45.2 Å². The quantitative estimate of drug-likeness (QED) is 0.690. The van der Waals surface area contributed by atoms with Gasteiger partial charge in [0.05, 0.1) is 0 Å². The molecule has 1 amide bonds. The number of nitrogens with one attached hydrogen (secondary N) is 1. The van der Waals surface area contributed by atoms with Gasteiger partial charge >= 0.3 is 0 Å². The molecule has 0 aliphatic carbocycles. The van der Waals surface area contributed by atoms with Crippen LogP contribution in [0.4, 0.5) is 0 Å². The molecule has 0 spiro atoms. The maximum Gasteiger partial charge on any atom is 0.219 e. The highest BCUT2D eigenvalue weighted by atomic mass is 16.2. The summed E-state index contributed by atoms with van der Waals surface area (Å²) in [4.78, 5) is 15.7. The highest BCUT2D eigenvalue weighted by Crippen LogP contribution is 2.19. The summed E-state index contributed by atoms with van der Waals surface area (Å²) < 4.78 is 0. The predicted molar refractivity (Wildman–Crippen MR) is 64.3 cm³/mol. The molecule has 0 radical (unpaired) electrons. The van der Waals surface area contributed by atoms with E-state index in [9.17, 15) is 4.79 Å². The molecule has 2 rings (SSSR count). The van der Waals surface area contributed by atoms with E-state index >= 15 is 0 Å². The Bertz CT molecular complexity index is 249. The molecule has 4 nitrogen and oxygen atoms in total. The molecule has 0 saturated carbocycles. The third-order valence-electron chi connectivity index (χ3n) is 4.02. The van der Waals surface area contributed by atoms with Gasteiger partial charge in [-0.1, -0.05) is 6.92 Å². The second kappa shape index (κ2) is 5.15. The van der Waals surface area contributed by atoms with Crippen LogP contribution < -0.4 is 5.32 Å². The first-order chi connectivity index (χ1) is 7.68. The summed E-state index contributed by atoms with van der Waals surface area (Å²) in [7, 11) is 0. The molecule has 2 aliphatic rings. The van der Waals surface area contributed by atoms with Crippen molar-refractivity contribution in [3.05, 3.63) is 0 Å². The van der Waals surface area contributed by atoms with E-state index in [1.807, 2.05) is 4.90 Å². The van der Waals surface area contributed by atoms with E-state index < -0.39 is 0 Å². The van der Waals surface area contributed by atoms with Gasteiger partial charge in [0, 0.05) is 45.7 Å². The van der Waals surface area contributed by atoms with E-state index in [4.69, 9.17) is 0 Å². The summed E-state index contributed by atoms with van der Waals surface area (Å²) in [6.45, 7) is 10.2. The molecule has 0 bridgehead atoms. The fourth-order valence-corrected chi connectivity index (χ4v) is 2.83. The molecule has 0 aromatic heterocycles. The highest BCUT2D eigenvalue weighted by Gasteiger charge is 2.29. The van der Waals surface area contributed by atoms with Crippen LogP contribution in [0.25, 0.3) is 0 Å². The van der Waals surface area contributed by atoms with Gasteiger partial charge in [0.2, 0.25) is 5.91 Å². The second-order valence-corrected chi connectivity index (χ2v) is 5.08. The molecule has 16 heavy (non-hydrogen) atoms. The fourth-order valence-electron chi connectivity index (χ4n) is 2.83. The first kappa shape index (κ1) is 11.9. The van der Waals surface area contributed by atoms with Crippen molar-refractivity contribution in [3.63, 3.8) is 0 Å². The number of carbonyl (C=O) groups excluding carboxylic acids is 1. The van der Waals surface area contributed by atoms with Gasteiger partial charge in [-0.05, 0) is 18.9 Å². The molecule has 2 fully saturated rings. The van der Waals surface area contributed by atoms with Crippen molar-refractivity contribution in [2.45, 2.75) is 26.3 Å².